The largest absolute Gasteiger partial charge is 0.359 e. The Bertz CT molecular complexity index is 1020. The van der Waals surface area contributed by atoms with Crippen molar-refractivity contribution in [1.29, 1.82) is 0 Å². The van der Waals surface area contributed by atoms with Crippen molar-refractivity contribution < 1.29 is 56.8 Å². The van der Waals surface area contributed by atoms with Gasteiger partial charge in [0.15, 0.2) is 6.29 Å². The highest BCUT2D eigenvalue weighted by Crippen LogP contribution is 2.63. The van der Waals surface area contributed by atoms with Crippen molar-refractivity contribution in [2.75, 3.05) is 82.7 Å². The monoisotopic (exact) mass is 672 g/mol. The van der Waals surface area contributed by atoms with E-state index in [0.717, 1.165) is 31.3 Å². The molecule has 0 amide bonds. The van der Waals surface area contributed by atoms with Crippen LogP contribution in [-0.4, -0.2) is 120 Å². The number of methoxy groups -OCH3 is 5. The average Bonchev–Trinajstić information content (AvgIpc) is 3.37. The summed E-state index contributed by atoms with van der Waals surface area (Å²) in [5.41, 5.74) is 4.02. The Morgan fingerprint density at radius 1 is 0.787 bits per heavy atom. The van der Waals surface area contributed by atoms with Gasteiger partial charge in [-0.3, -0.25) is 0 Å². The Morgan fingerprint density at radius 2 is 1.43 bits per heavy atom. The lowest BCUT2D eigenvalue weighted by Gasteiger charge is -2.53. The summed E-state index contributed by atoms with van der Waals surface area (Å²) in [6.45, 7) is 10.5. The molecule has 4 rings (SSSR count). The summed E-state index contributed by atoms with van der Waals surface area (Å²) in [6.07, 6.45) is 4.24. The Balaban J connectivity index is 1.78. The van der Waals surface area contributed by atoms with Gasteiger partial charge >= 0.3 is 0 Å². The molecule has 0 aromatic rings. The summed E-state index contributed by atoms with van der Waals surface area (Å²) >= 11 is 0. The molecule has 272 valence electrons. The second-order valence-corrected chi connectivity index (χ2v) is 14.0. The zero-order chi connectivity index (χ0) is 34.0. The summed E-state index contributed by atoms with van der Waals surface area (Å²) in [5.74, 6) is 0.660. The molecule has 0 aromatic heterocycles. The van der Waals surface area contributed by atoms with E-state index in [1.54, 1.807) is 46.7 Å². The van der Waals surface area contributed by atoms with E-state index in [1.807, 2.05) is 0 Å². The molecule has 47 heavy (non-hydrogen) atoms. The number of hydrogen-bond acceptors (Lipinski definition) is 12. The van der Waals surface area contributed by atoms with Crippen LogP contribution in [0.5, 0.6) is 0 Å². The molecule has 0 radical (unpaired) electrons. The number of rotatable bonds is 19. The number of fused-ring (bicyclic) bond motifs is 3. The minimum atomic E-state index is -0.791. The van der Waals surface area contributed by atoms with Crippen LogP contribution in [0.4, 0.5) is 0 Å². The van der Waals surface area contributed by atoms with E-state index in [1.165, 1.54) is 6.42 Å². The van der Waals surface area contributed by atoms with Crippen LogP contribution >= 0.6 is 0 Å². The van der Waals surface area contributed by atoms with Gasteiger partial charge in [0, 0.05) is 41.0 Å². The Kier molecular flexibility index (Phi) is 15.1. The van der Waals surface area contributed by atoms with Crippen molar-refractivity contribution in [3.63, 3.8) is 0 Å². The fourth-order valence-electron chi connectivity index (χ4n) is 8.08. The van der Waals surface area contributed by atoms with Crippen LogP contribution in [0.2, 0.25) is 0 Å². The van der Waals surface area contributed by atoms with Crippen LogP contribution in [0.15, 0.2) is 22.8 Å². The molecule has 12 nitrogen and oxygen atoms in total. The number of allylic oxidation sites excluding steroid dienone is 2. The van der Waals surface area contributed by atoms with Crippen molar-refractivity contribution in [2.24, 2.45) is 22.7 Å². The lowest BCUT2D eigenvalue weighted by atomic mass is 9.54. The highest BCUT2D eigenvalue weighted by atomic mass is 16.8. The van der Waals surface area contributed by atoms with E-state index in [0.29, 0.717) is 12.5 Å². The maximum absolute atomic E-state index is 7.14. The molecule has 0 unspecified atom stereocenters. The maximum Gasteiger partial charge on any atom is 0.187 e. The summed E-state index contributed by atoms with van der Waals surface area (Å²) < 4.78 is 70.7. The van der Waals surface area contributed by atoms with Crippen molar-refractivity contribution in [1.82, 2.24) is 0 Å². The SMILES string of the molecule is COCOCC1=C[C@H](O[C@@H]2OC[C@@H](OCOC)[C@H](OCOC)[C@H]2OCOC)[C@]2(C)CC[C@@]3(C)CCC(C(C)C)=C3[C@H]2C[C@H]1OCOC. The third-order valence-electron chi connectivity index (χ3n) is 10.6. The van der Waals surface area contributed by atoms with Gasteiger partial charge in [-0.1, -0.05) is 44.9 Å². The maximum atomic E-state index is 7.14. The zero-order valence-electron chi connectivity index (χ0n) is 30.1. The van der Waals surface area contributed by atoms with E-state index in [9.17, 15) is 0 Å². The fourth-order valence-corrected chi connectivity index (χ4v) is 8.08. The topological polar surface area (TPSA) is 111 Å². The third kappa shape index (κ3) is 9.03. The zero-order valence-corrected chi connectivity index (χ0v) is 30.1. The molecule has 0 N–H and O–H groups in total. The molecule has 1 saturated carbocycles. The molecular weight excluding hydrogens is 612 g/mol. The highest BCUT2D eigenvalue weighted by Gasteiger charge is 2.57. The fraction of sp³-hybridized carbons (Fsp3) is 0.886. The molecule has 1 saturated heterocycles. The third-order valence-corrected chi connectivity index (χ3v) is 10.6. The molecule has 9 atom stereocenters. The standard InChI is InChI=1S/C35H60O12/c1-23(2)25-10-11-34(3)12-13-35(4)26(30(25)34)15-27(43-19-37-6)24(16-41-18-36-5)14-29(35)47-33-32(46-22-40-9)31(45-21-39-8)28(17-42-33)44-20-38-7/h14,23,26-29,31-33H,10-13,15-22H2,1-9H3/t26-,27-,28-,29+,31+,32-,33+,34-,35-/m1/s1. The van der Waals surface area contributed by atoms with Gasteiger partial charge in [0.05, 0.1) is 25.4 Å². The second-order valence-electron chi connectivity index (χ2n) is 14.0. The van der Waals surface area contributed by atoms with Gasteiger partial charge in [-0.15, -0.1) is 0 Å². The van der Waals surface area contributed by atoms with Crippen molar-refractivity contribution in [3.05, 3.63) is 22.8 Å². The van der Waals surface area contributed by atoms with Crippen LogP contribution in [0, 0.1) is 22.7 Å². The first-order chi connectivity index (χ1) is 22.7. The number of ether oxygens (including phenoxy) is 12. The van der Waals surface area contributed by atoms with Gasteiger partial charge in [-0.2, -0.15) is 0 Å². The molecule has 12 heteroatoms. The van der Waals surface area contributed by atoms with E-state index in [4.69, 9.17) is 56.8 Å². The molecule has 0 bridgehead atoms. The quantitative estimate of drug-likeness (QED) is 0.107. The molecule has 3 aliphatic carbocycles. The van der Waals surface area contributed by atoms with E-state index in [2.05, 4.69) is 33.8 Å². The molecule has 4 aliphatic rings. The van der Waals surface area contributed by atoms with Crippen LogP contribution in [0.25, 0.3) is 0 Å². The van der Waals surface area contributed by atoms with Gasteiger partial charge in [0.2, 0.25) is 0 Å². The van der Waals surface area contributed by atoms with Crippen molar-refractivity contribution in [2.45, 2.75) is 96.6 Å². The smallest absolute Gasteiger partial charge is 0.187 e. The summed E-state index contributed by atoms with van der Waals surface area (Å²) in [4.78, 5) is 0. The minimum Gasteiger partial charge on any atom is -0.359 e. The molecule has 2 fully saturated rings. The van der Waals surface area contributed by atoms with Gasteiger partial charge in [-0.25, -0.2) is 0 Å². The van der Waals surface area contributed by atoms with Crippen LogP contribution in [0.1, 0.15) is 59.8 Å². The molecule has 0 aromatic carbocycles. The van der Waals surface area contributed by atoms with E-state index >= 15 is 0 Å². The number of hydrogen-bond donors (Lipinski definition) is 0. The van der Waals surface area contributed by atoms with Gasteiger partial charge in [-0.05, 0) is 54.9 Å². The lowest BCUT2D eigenvalue weighted by molar-refractivity contribution is -0.329. The predicted octanol–water partition coefficient (Wildman–Crippen LogP) is 4.80. The highest BCUT2D eigenvalue weighted by molar-refractivity contribution is 5.37. The molecular formula is C35H60O12. The molecule has 0 spiro atoms. The van der Waals surface area contributed by atoms with Crippen LogP contribution < -0.4 is 0 Å². The van der Waals surface area contributed by atoms with Gasteiger partial charge in [0.25, 0.3) is 0 Å². The molecule has 1 aliphatic heterocycles. The summed E-state index contributed by atoms with van der Waals surface area (Å²) in [6, 6.07) is 0. The normalized spacial score (nSPS) is 36.0. The van der Waals surface area contributed by atoms with E-state index in [-0.39, 0.29) is 69.5 Å². The first kappa shape index (κ1) is 38.8. The summed E-state index contributed by atoms with van der Waals surface area (Å²) in [5, 5.41) is 0. The van der Waals surface area contributed by atoms with Crippen LogP contribution in [-0.2, 0) is 56.8 Å². The molecule has 1 heterocycles. The van der Waals surface area contributed by atoms with Gasteiger partial charge in [0.1, 0.15) is 52.3 Å². The van der Waals surface area contributed by atoms with E-state index < -0.39 is 24.6 Å². The predicted molar refractivity (Wildman–Crippen MR) is 172 cm³/mol. The Morgan fingerprint density at radius 3 is 2.09 bits per heavy atom. The van der Waals surface area contributed by atoms with Crippen molar-refractivity contribution >= 4 is 0 Å². The van der Waals surface area contributed by atoms with Crippen molar-refractivity contribution in [3.8, 4) is 0 Å². The minimum absolute atomic E-state index is 0.0180. The van der Waals surface area contributed by atoms with Gasteiger partial charge < -0.3 is 56.8 Å². The first-order valence-corrected chi connectivity index (χ1v) is 16.9. The van der Waals surface area contributed by atoms with Crippen LogP contribution in [0.3, 0.4) is 0 Å². The lowest BCUT2D eigenvalue weighted by Crippen LogP contribution is -2.59. The second kappa shape index (κ2) is 18.3. The Labute approximate surface area is 281 Å². The average molecular weight is 673 g/mol. The first-order valence-electron chi connectivity index (χ1n) is 16.9. The Hall–Kier alpha value is -1.00. The summed E-state index contributed by atoms with van der Waals surface area (Å²) in [7, 11) is 8.01.